The number of carbonyl (C=O) groups is 2. The van der Waals surface area contributed by atoms with E-state index in [4.69, 9.17) is 15.6 Å². The largest absolute Gasteiger partial charge is 0.479 e. The lowest BCUT2D eigenvalue weighted by Crippen LogP contribution is -2.33. The Morgan fingerprint density at radius 3 is 2.85 bits per heavy atom. The first-order chi connectivity index (χ1) is 9.49. The van der Waals surface area contributed by atoms with Crippen molar-refractivity contribution in [1.82, 2.24) is 5.32 Å². The number of hydrogen-bond acceptors (Lipinski definition) is 4. The predicted octanol–water partition coefficient (Wildman–Crippen LogP) is 0.939. The Bertz CT molecular complexity index is 530. The number of rotatable bonds is 4. The average Bonchev–Trinajstić information content (AvgIpc) is 2.88. The summed E-state index contributed by atoms with van der Waals surface area (Å²) in [5, 5.41) is 11.6. The third-order valence-electron chi connectivity index (χ3n) is 3.49. The zero-order chi connectivity index (χ0) is 14.7. The first-order valence-corrected chi connectivity index (χ1v) is 6.50. The second-order valence-electron chi connectivity index (χ2n) is 4.89. The Hall–Kier alpha value is -2.08. The SMILES string of the molecule is Cc1c(N)cccc1C(=O)NCC1CCC(C(=O)O)O1. The summed E-state index contributed by atoms with van der Waals surface area (Å²) >= 11 is 0. The maximum atomic E-state index is 12.1. The van der Waals surface area contributed by atoms with Gasteiger partial charge in [0, 0.05) is 17.8 Å². The number of nitrogens with one attached hydrogen (secondary N) is 1. The van der Waals surface area contributed by atoms with Crippen LogP contribution in [0.25, 0.3) is 0 Å². The van der Waals surface area contributed by atoms with Gasteiger partial charge in [-0.3, -0.25) is 4.79 Å². The summed E-state index contributed by atoms with van der Waals surface area (Å²) in [6.07, 6.45) is 0.104. The number of nitrogens with two attached hydrogens (primary N) is 1. The molecule has 1 aliphatic heterocycles. The van der Waals surface area contributed by atoms with E-state index >= 15 is 0 Å². The van der Waals surface area contributed by atoms with Crippen LogP contribution in [-0.4, -0.2) is 35.7 Å². The van der Waals surface area contributed by atoms with Crippen LogP contribution in [0.1, 0.15) is 28.8 Å². The standard InChI is InChI=1S/C14H18N2O4/c1-8-10(3-2-4-11(8)15)13(17)16-7-9-5-6-12(20-9)14(18)19/h2-4,9,12H,5-7,15H2,1H3,(H,16,17)(H,18,19). The molecule has 108 valence electrons. The molecule has 0 aliphatic carbocycles. The normalized spacial score (nSPS) is 21.6. The summed E-state index contributed by atoms with van der Waals surface area (Å²) < 4.78 is 5.32. The molecule has 2 unspecified atom stereocenters. The number of carboxylic acid groups (broad SMARTS) is 1. The molecule has 0 spiro atoms. The van der Waals surface area contributed by atoms with E-state index in [1.54, 1.807) is 25.1 Å². The summed E-state index contributed by atoms with van der Waals surface area (Å²) in [4.78, 5) is 22.8. The van der Waals surface area contributed by atoms with Crippen molar-refractivity contribution >= 4 is 17.6 Å². The van der Waals surface area contributed by atoms with Gasteiger partial charge in [0.1, 0.15) is 0 Å². The van der Waals surface area contributed by atoms with Crippen molar-refractivity contribution in [3.63, 3.8) is 0 Å². The van der Waals surface area contributed by atoms with Crippen molar-refractivity contribution < 1.29 is 19.4 Å². The maximum absolute atomic E-state index is 12.1. The Morgan fingerprint density at radius 1 is 1.45 bits per heavy atom. The highest BCUT2D eigenvalue weighted by Gasteiger charge is 2.30. The molecular weight excluding hydrogens is 260 g/mol. The lowest BCUT2D eigenvalue weighted by atomic mass is 10.1. The third-order valence-corrected chi connectivity index (χ3v) is 3.49. The van der Waals surface area contributed by atoms with E-state index < -0.39 is 12.1 Å². The maximum Gasteiger partial charge on any atom is 0.332 e. The van der Waals surface area contributed by atoms with Gasteiger partial charge >= 0.3 is 5.97 Å². The highest BCUT2D eigenvalue weighted by molar-refractivity contribution is 5.96. The first kappa shape index (κ1) is 14.3. The molecule has 1 aromatic rings. The molecule has 6 heteroatoms. The fourth-order valence-corrected chi connectivity index (χ4v) is 2.24. The Labute approximate surface area is 116 Å². The molecule has 2 rings (SSSR count). The van der Waals surface area contributed by atoms with E-state index in [9.17, 15) is 9.59 Å². The van der Waals surface area contributed by atoms with Gasteiger partial charge in [0.25, 0.3) is 5.91 Å². The summed E-state index contributed by atoms with van der Waals surface area (Å²) in [7, 11) is 0. The van der Waals surface area contributed by atoms with Crippen LogP contribution in [0.3, 0.4) is 0 Å². The van der Waals surface area contributed by atoms with Gasteiger partial charge in [-0.1, -0.05) is 6.07 Å². The predicted molar refractivity (Wildman–Crippen MR) is 73.5 cm³/mol. The first-order valence-electron chi connectivity index (χ1n) is 6.50. The van der Waals surface area contributed by atoms with Crippen LogP contribution >= 0.6 is 0 Å². The van der Waals surface area contributed by atoms with Gasteiger partial charge in [0.15, 0.2) is 6.10 Å². The number of amides is 1. The summed E-state index contributed by atoms with van der Waals surface area (Å²) in [5.41, 5.74) is 7.59. The van der Waals surface area contributed by atoms with Crippen molar-refractivity contribution in [2.75, 3.05) is 12.3 Å². The van der Waals surface area contributed by atoms with Crippen molar-refractivity contribution in [2.24, 2.45) is 0 Å². The number of benzene rings is 1. The molecule has 0 aromatic heterocycles. The van der Waals surface area contributed by atoms with Gasteiger partial charge in [-0.2, -0.15) is 0 Å². The number of anilines is 1. The Balaban J connectivity index is 1.90. The van der Waals surface area contributed by atoms with Crippen LogP contribution in [0.15, 0.2) is 18.2 Å². The summed E-state index contributed by atoms with van der Waals surface area (Å²) in [6, 6.07) is 5.17. The van der Waals surface area contributed by atoms with E-state index in [0.29, 0.717) is 30.6 Å². The number of carbonyl (C=O) groups excluding carboxylic acids is 1. The topological polar surface area (TPSA) is 102 Å². The molecule has 0 bridgehead atoms. The summed E-state index contributed by atoms with van der Waals surface area (Å²) in [6.45, 7) is 2.09. The Morgan fingerprint density at radius 2 is 2.20 bits per heavy atom. The van der Waals surface area contributed by atoms with Crippen molar-refractivity contribution in [2.45, 2.75) is 32.0 Å². The van der Waals surface area contributed by atoms with Crippen LogP contribution in [0, 0.1) is 6.92 Å². The smallest absolute Gasteiger partial charge is 0.332 e. The lowest BCUT2D eigenvalue weighted by molar-refractivity contribution is -0.149. The number of nitrogen functional groups attached to an aromatic ring is 1. The molecule has 1 saturated heterocycles. The number of ether oxygens (including phenoxy) is 1. The molecule has 0 saturated carbocycles. The third kappa shape index (κ3) is 3.08. The second kappa shape index (κ2) is 5.92. The van der Waals surface area contributed by atoms with E-state index in [0.717, 1.165) is 5.56 Å². The van der Waals surface area contributed by atoms with Gasteiger partial charge in [-0.25, -0.2) is 4.79 Å². The highest BCUT2D eigenvalue weighted by Crippen LogP contribution is 2.20. The molecular formula is C14H18N2O4. The van der Waals surface area contributed by atoms with Gasteiger partial charge in [-0.05, 0) is 37.5 Å². The fourth-order valence-electron chi connectivity index (χ4n) is 2.24. The number of aliphatic carboxylic acids is 1. The zero-order valence-electron chi connectivity index (χ0n) is 11.3. The Kier molecular flexibility index (Phi) is 4.24. The molecule has 0 radical (unpaired) electrons. The number of carboxylic acids is 1. The second-order valence-corrected chi connectivity index (χ2v) is 4.89. The molecule has 6 nitrogen and oxygen atoms in total. The molecule has 2 atom stereocenters. The monoisotopic (exact) mass is 278 g/mol. The van der Waals surface area contributed by atoms with Crippen LogP contribution in [0.4, 0.5) is 5.69 Å². The van der Waals surface area contributed by atoms with Gasteiger partial charge in [0.05, 0.1) is 6.10 Å². The molecule has 20 heavy (non-hydrogen) atoms. The van der Waals surface area contributed by atoms with E-state index in [2.05, 4.69) is 5.32 Å². The van der Waals surface area contributed by atoms with Crippen LogP contribution in [0.2, 0.25) is 0 Å². The van der Waals surface area contributed by atoms with Crippen LogP contribution in [0.5, 0.6) is 0 Å². The quantitative estimate of drug-likeness (QED) is 0.711. The molecule has 1 fully saturated rings. The van der Waals surface area contributed by atoms with E-state index in [1.807, 2.05) is 0 Å². The highest BCUT2D eigenvalue weighted by atomic mass is 16.5. The minimum absolute atomic E-state index is 0.225. The molecule has 1 aliphatic rings. The van der Waals surface area contributed by atoms with Gasteiger partial charge in [-0.15, -0.1) is 0 Å². The van der Waals surface area contributed by atoms with Crippen molar-refractivity contribution in [1.29, 1.82) is 0 Å². The minimum atomic E-state index is -0.953. The van der Waals surface area contributed by atoms with Crippen molar-refractivity contribution in [3.8, 4) is 0 Å². The molecule has 1 aromatic carbocycles. The van der Waals surface area contributed by atoms with Crippen LogP contribution in [-0.2, 0) is 9.53 Å². The summed E-state index contributed by atoms with van der Waals surface area (Å²) in [5.74, 6) is -1.18. The minimum Gasteiger partial charge on any atom is -0.479 e. The average molecular weight is 278 g/mol. The fraction of sp³-hybridized carbons (Fsp3) is 0.429. The molecule has 4 N–H and O–H groups in total. The van der Waals surface area contributed by atoms with Gasteiger partial charge < -0.3 is 20.9 Å². The van der Waals surface area contributed by atoms with Crippen LogP contribution < -0.4 is 11.1 Å². The zero-order valence-corrected chi connectivity index (χ0v) is 11.3. The number of hydrogen-bond donors (Lipinski definition) is 3. The van der Waals surface area contributed by atoms with Gasteiger partial charge in [0.2, 0.25) is 0 Å². The molecule has 1 heterocycles. The lowest BCUT2D eigenvalue weighted by Gasteiger charge is -2.13. The van der Waals surface area contributed by atoms with E-state index in [1.165, 1.54) is 0 Å². The van der Waals surface area contributed by atoms with Crippen molar-refractivity contribution in [3.05, 3.63) is 29.3 Å². The molecule has 1 amide bonds. The van der Waals surface area contributed by atoms with E-state index in [-0.39, 0.29) is 12.0 Å².